The van der Waals surface area contributed by atoms with E-state index >= 15 is 0 Å². The van der Waals surface area contributed by atoms with Gasteiger partial charge in [-0.05, 0) is 79.0 Å². The number of rotatable bonds is 21. The zero-order valence-electron chi connectivity index (χ0n) is 58.1. The van der Waals surface area contributed by atoms with Crippen LogP contribution in [-0.2, 0) is 86.7 Å². The van der Waals surface area contributed by atoms with E-state index < -0.39 is 53.8 Å². The van der Waals surface area contributed by atoms with E-state index in [1.807, 2.05) is 112 Å². The Morgan fingerprint density at radius 3 is 1.20 bits per heavy atom. The number of aliphatic hydroxyl groups is 3. The molecule has 24 heteroatoms. The topological polar surface area (TPSA) is 362 Å². The third-order valence-electron chi connectivity index (χ3n) is 16.9. The molecule has 0 aromatic heterocycles. The molecule has 4 aromatic rings. The van der Waals surface area contributed by atoms with Gasteiger partial charge in [-0.3, -0.25) is 53.2 Å². The van der Waals surface area contributed by atoms with Crippen molar-refractivity contribution in [2.75, 3.05) is 27.7 Å². The lowest BCUT2D eigenvalue weighted by molar-refractivity contribution is -0.149. The van der Waals surface area contributed by atoms with E-state index in [1.165, 1.54) is 66.5 Å². The molecule has 0 fully saturated rings. The summed E-state index contributed by atoms with van der Waals surface area (Å²) < 4.78 is 13.2. The number of amides is 3. The van der Waals surface area contributed by atoms with E-state index in [0.717, 1.165) is 33.1 Å². The number of carboxylic acid groups (broad SMARTS) is 1. The van der Waals surface area contributed by atoms with Gasteiger partial charge in [0.15, 0.2) is 0 Å². The van der Waals surface area contributed by atoms with Crippen molar-refractivity contribution in [3.8, 4) is 0 Å². The first-order chi connectivity index (χ1) is 45.4. The van der Waals surface area contributed by atoms with Gasteiger partial charge in [-0.2, -0.15) is 0 Å². The van der Waals surface area contributed by atoms with Crippen LogP contribution < -0.4 is 21.8 Å². The van der Waals surface area contributed by atoms with E-state index in [2.05, 4.69) is 64.5 Å². The van der Waals surface area contributed by atoms with Crippen molar-refractivity contribution in [2.45, 2.75) is 169 Å². The van der Waals surface area contributed by atoms with Gasteiger partial charge < -0.3 is 51.0 Å². The monoisotopic (exact) mass is 1430 g/mol. The molecule has 0 spiro atoms. The number of aliphatic carboxylic acids is 1. The molecular formula is C72H104BrClN4O18. The number of Topliss-reactive ketones (excluding diaryl/α,β-unsaturated/α-hetero) is 3. The molecule has 22 nitrogen and oxygen atoms in total. The lowest BCUT2D eigenvalue weighted by Gasteiger charge is -2.24. The number of aliphatic hydroxyl groups excluding tert-OH is 3. The molecule has 10 N–H and O–H groups in total. The van der Waals surface area contributed by atoms with Crippen LogP contribution in [0.3, 0.4) is 0 Å². The summed E-state index contributed by atoms with van der Waals surface area (Å²) in [5, 5.41) is 53.5. The summed E-state index contributed by atoms with van der Waals surface area (Å²) in [6.45, 7) is 18.4. The fourth-order valence-corrected chi connectivity index (χ4v) is 10.7. The Labute approximate surface area is 579 Å². The average molecular weight is 1430 g/mol. The van der Waals surface area contributed by atoms with Gasteiger partial charge in [-0.1, -0.05) is 174 Å². The minimum Gasteiger partial charge on any atom is -0.481 e. The summed E-state index contributed by atoms with van der Waals surface area (Å²) in [6, 6.07) is 32.6. The Hall–Kier alpha value is -7.25. The fourth-order valence-electron chi connectivity index (χ4n) is 10.3. The fraction of sp³-hybridized carbons (Fsp3) is 0.528. The lowest BCUT2D eigenvalue weighted by Crippen LogP contribution is -2.43. The number of esters is 3. The zero-order chi connectivity index (χ0) is 73.5. The highest BCUT2D eigenvalue weighted by Crippen LogP contribution is 2.34. The van der Waals surface area contributed by atoms with Crippen molar-refractivity contribution in [1.29, 1.82) is 0 Å². The Kier molecular flexibility index (Phi) is 44.0. The SMILES string of the molecule is BrCc1ccccc1.CC[C@@H](C(=O)N[C@H]1c2ccccc2C[C@H]1O)[C@H](C)C(=O)NO.CC[C@@H](C(=O)N[C@H]1c2ccccc2C[C@H]1O)[C@H](C)C(C)=O.CC[C@@H](C(=O)OC)[C@H](C)C(C)=O.CCl.COC(=O)C[C@H](C)C(=O)O.COC(=O)C[C@H](C)C(C)=O.N[C@H]1c2ccccc2C[C@H]1O. The molecule has 7 rings (SSSR count). The number of methoxy groups -OCH3 is 3. The molecular weight excluding hydrogens is 1320 g/mol. The van der Waals surface area contributed by atoms with Crippen LogP contribution in [0.15, 0.2) is 103 Å². The standard InChI is InChI=1S/C17H23NO3.C16H22N2O4.C9H11NO.C9H16O3.C7H7Br.C7H12O3.C6H10O4.CH3Cl/c1-4-13(10(2)11(3)19)17(21)18-16-14-8-6-5-7-12(14)9-15(16)20;1-3-11(9(2)15(20)18-22)16(21)17-14-12-7-5-4-6-10(12)8-13(14)19;10-9-7-4-2-1-3-6(7)5-8(9)11;1-5-8(9(11)12-4)6(2)7(3)10;8-6-7-4-2-1-3-5-7;1-5(6(2)8)4-7(9)10-3;1-4(6(8)9)3-5(7)10-2;1-2/h5-8,10,13,15-16,20H,4,9H2,1-3H3,(H,18,21);4-7,9,11,13-14,19,22H,3,8H2,1-2H3,(H,17,21)(H,18,20);1-4,8-9,11H,5,10H2;6,8H,5H2,1-4H3;1-5H,6H2;5H,4H2,1-3H3;4H,3H2,1-2H3,(H,8,9);1H3/t10-,13-,15-,16+;9-,11+,13+,14-;8-,9+;6-,8-;;5-;4-;/m1011.00./s1. The number of nitrogens with one attached hydrogen (secondary N) is 3. The van der Waals surface area contributed by atoms with Crippen LogP contribution >= 0.6 is 27.5 Å². The van der Waals surface area contributed by atoms with Gasteiger partial charge in [0, 0.05) is 66.5 Å². The second kappa shape index (κ2) is 47.6. The number of hydrogen-bond donors (Lipinski definition) is 9. The van der Waals surface area contributed by atoms with Crippen LogP contribution in [-0.4, -0.2) is 131 Å². The first kappa shape index (κ1) is 88.8. The van der Waals surface area contributed by atoms with E-state index in [4.69, 9.17) is 16.0 Å². The first-order valence-corrected chi connectivity index (χ1v) is 33.7. The Bertz CT molecular complexity index is 3030. The second-order valence-corrected chi connectivity index (χ2v) is 24.0. The van der Waals surface area contributed by atoms with Gasteiger partial charge in [-0.25, -0.2) is 5.48 Å². The van der Waals surface area contributed by atoms with Crippen molar-refractivity contribution in [2.24, 2.45) is 53.1 Å². The quantitative estimate of drug-likeness (QED) is 0.0123. The highest BCUT2D eigenvalue weighted by Gasteiger charge is 2.37. The zero-order valence-corrected chi connectivity index (χ0v) is 60.5. The van der Waals surface area contributed by atoms with Gasteiger partial charge in [0.1, 0.15) is 17.3 Å². The molecule has 3 amide bonds. The number of benzene rings is 4. The number of nitrogens with two attached hydrogens (primary N) is 1. The summed E-state index contributed by atoms with van der Waals surface area (Å²) in [6.07, 6.45) is 3.43. The van der Waals surface area contributed by atoms with Crippen LogP contribution in [0.2, 0.25) is 0 Å². The molecule has 3 aliphatic rings. The molecule has 0 heterocycles. The number of carbonyl (C=O) groups is 10. The molecule has 0 saturated heterocycles. The van der Waals surface area contributed by atoms with Gasteiger partial charge in [0.05, 0.1) is 82.4 Å². The smallest absolute Gasteiger partial charge is 0.309 e. The maximum atomic E-state index is 12.5. The molecule has 96 heavy (non-hydrogen) atoms. The number of hydrogen-bond acceptors (Lipinski definition) is 18. The van der Waals surface area contributed by atoms with E-state index in [9.17, 15) is 63.3 Å². The molecule has 3 aliphatic carbocycles. The molecule has 0 radical (unpaired) electrons. The molecule has 534 valence electrons. The van der Waals surface area contributed by atoms with Crippen LogP contribution in [0.25, 0.3) is 0 Å². The number of halogens is 2. The van der Waals surface area contributed by atoms with Crippen LogP contribution in [0.5, 0.6) is 0 Å². The van der Waals surface area contributed by atoms with E-state index in [1.54, 1.807) is 33.2 Å². The number of ether oxygens (including phenoxy) is 3. The third-order valence-corrected chi connectivity index (χ3v) is 17.5. The van der Waals surface area contributed by atoms with Crippen molar-refractivity contribution >= 4 is 86.5 Å². The predicted octanol–water partition coefficient (Wildman–Crippen LogP) is 9.44. The summed E-state index contributed by atoms with van der Waals surface area (Å²) in [5.74, 6) is -6.31. The third kappa shape index (κ3) is 30.0. The lowest BCUT2D eigenvalue weighted by atomic mass is 9.87. The number of carbonyl (C=O) groups excluding carboxylic acids is 9. The number of fused-ring (bicyclic) bond motifs is 3. The van der Waals surface area contributed by atoms with E-state index in [0.29, 0.717) is 38.5 Å². The normalized spacial score (nSPS) is 18.8. The van der Waals surface area contributed by atoms with Gasteiger partial charge in [0.2, 0.25) is 17.7 Å². The predicted molar refractivity (Wildman–Crippen MR) is 370 cm³/mol. The minimum absolute atomic E-state index is 0.0179. The van der Waals surface area contributed by atoms with Crippen LogP contribution in [0.1, 0.15) is 165 Å². The maximum Gasteiger partial charge on any atom is 0.309 e. The molecule has 4 aromatic carbocycles. The van der Waals surface area contributed by atoms with Crippen LogP contribution in [0, 0.1) is 47.3 Å². The van der Waals surface area contributed by atoms with Crippen molar-refractivity contribution in [1.82, 2.24) is 16.1 Å². The highest BCUT2D eigenvalue weighted by atomic mass is 79.9. The Balaban J connectivity index is 0.00000113. The van der Waals surface area contributed by atoms with Gasteiger partial charge in [-0.15, -0.1) is 11.6 Å². The van der Waals surface area contributed by atoms with Crippen molar-refractivity contribution < 1.29 is 87.8 Å². The number of carboxylic acids is 1. The number of ketones is 3. The molecule has 0 aliphatic heterocycles. The van der Waals surface area contributed by atoms with Gasteiger partial charge >= 0.3 is 23.9 Å². The number of hydroxylamine groups is 1. The molecule has 0 saturated carbocycles. The molecule has 0 unspecified atom stereocenters. The van der Waals surface area contributed by atoms with Crippen LogP contribution in [0.4, 0.5) is 0 Å². The summed E-state index contributed by atoms with van der Waals surface area (Å²) in [7, 11) is 3.89. The highest BCUT2D eigenvalue weighted by molar-refractivity contribution is 9.08. The largest absolute Gasteiger partial charge is 0.481 e. The van der Waals surface area contributed by atoms with Crippen molar-refractivity contribution in [3.63, 3.8) is 0 Å². The summed E-state index contributed by atoms with van der Waals surface area (Å²) >= 11 is 8.00. The maximum absolute atomic E-state index is 12.5. The van der Waals surface area contributed by atoms with Gasteiger partial charge in [0.25, 0.3) is 0 Å². The summed E-state index contributed by atoms with van der Waals surface area (Å²) in [5.41, 5.74) is 14.9. The van der Waals surface area contributed by atoms with Crippen molar-refractivity contribution in [3.05, 3.63) is 142 Å². The average Bonchev–Trinajstić information content (AvgIpc) is 1.67. The summed E-state index contributed by atoms with van der Waals surface area (Å²) in [4.78, 5) is 112. The molecule has 14 atom stereocenters. The Morgan fingerprint density at radius 1 is 0.510 bits per heavy atom. The van der Waals surface area contributed by atoms with E-state index in [-0.39, 0.29) is 102 Å². The molecule has 0 bridgehead atoms. The second-order valence-electron chi connectivity index (χ2n) is 23.5. The minimum atomic E-state index is -0.981. The number of alkyl halides is 2. The first-order valence-electron chi connectivity index (χ1n) is 31.9. The Morgan fingerprint density at radius 2 is 0.865 bits per heavy atom.